The zero-order valence-corrected chi connectivity index (χ0v) is 11.0. The number of nitrogens with zero attached hydrogens (tertiary/aromatic N) is 1. The summed E-state index contributed by atoms with van der Waals surface area (Å²) in [6.07, 6.45) is 1.44. The average Bonchev–Trinajstić information content (AvgIpc) is 1.98. The number of rotatable bonds is 6. The standard InChI is InChI=1S/C5H12N.2C2H5.Ga/c1-4-5-6(2)3;2*1-2;/h1,4-5H2,2-3H3;2*1H2,2H3;. The Bertz CT molecular complexity index is 79.6. The summed E-state index contributed by atoms with van der Waals surface area (Å²) in [5.41, 5.74) is 0. The Hall–Kier alpha value is 0.596. The van der Waals surface area contributed by atoms with Gasteiger partial charge < -0.3 is 0 Å². The van der Waals surface area contributed by atoms with Crippen LogP contribution in [-0.2, 0) is 0 Å². The molecule has 0 rings (SSSR count). The second kappa shape index (κ2) is 7.26. The van der Waals surface area contributed by atoms with Gasteiger partial charge in [0.05, 0.1) is 0 Å². The van der Waals surface area contributed by atoms with E-state index in [1.54, 1.807) is 4.98 Å². The van der Waals surface area contributed by atoms with E-state index in [1.165, 1.54) is 22.9 Å². The van der Waals surface area contributed by atoms with Crippen molar-refractivity contribution in [2.45, 2.75) is 35.2 Å². The van der Waals surface area contributed by atoms with Crippen LogP contribution in [-0.4, -0.2) is 41.8 Å². The van der Waals surface area contributed by atoms with Gasteiger partial charge in [-0.05, 0) is 0 Å². The summed E-state index contributed by atoms with van der Waals surface area (Å²) < 4.78 is 0. The van der Waals surface area contributed by atoms with Gasteiger partial charge in [0, 0.05) is 0 Å². The fraction of sp³-hybridized carbons (Fsp3) is 1.00. The number of hydrogen-bond donors (Lipinski definition) is 0. The molecular weight excluding hydrogens is 192 g/mol. The van der Waals surface area contributed by atoms with Gasteiger partial charge >= 0.3 is 77.0 Å². The van der Waals surface area contributed by atoms with Crippen LogP contribution < -0.4 is 0 Å². The van der Waals surface area contributed by atoms with Gasteiger partial charge in [0.2, 0.25) is 0 Å². The van der Waals surface area contributed by atoms with Crippen LogP contribution in [0.15, 0.2) is 0 Å². The van der Waals surface area contributed by atoms with E-state index < -0.39 is 16.2 Å². The van der Waals surface area contributed by atoms with E-state index in [0.29, 0.717) is 0 Å². The summed E-state index contributed by atoms with van der Waals surface area (Å²) in [7, 11) is 4.33. The average molecular weight is 214 g/mol. The van der Waals surface area contributed by atoms with Crippen molar-refractivity contribution in [2.24, 2.45) is 0 Å². The van der Waals surface area contributed by atoms with Gasteiger partial charge in [0.1, 0.15) is 0 Å². The molecule has 0 aromatic carbocycles. The summed E-state index contributed by atoms with van der Waals surface area (Å²) in [6, 6.07) is 0. The van der Waals surface area contributed by atoms with Crippen LogP contribution in [0.4, 0.5) is 0 Å². The Morgan fingerprint density at radius 3 is 2.00 bits per heavy atom. The molecule has 0 fully saturated rings. The molecule has 0 aliphatic heterocycles. The molecule has 0 saturated heterocycles. The molecule has 0 heterocycles. The van der Waals surface area contributed by atoms with Crippen molar-refractivity contribution >= 4 is 16.2 Å². The maximum absolute atomic E-state index is 2.38. The molecule has 0 aliphatic rings. The van der Waals surface area contributed by atoms with Crippen molar-refractivity contribution < 1.29 is 0 Å². The van der Waals surface area contributed by atoms with Gasteiger partial charge in [-0.1, -0.05) is 0 Å². The summed E-state index contributed by atoms with van der Waals surface area (Å²) in [6.45, 7) is 6.05. The molecular formula is C9H22GaN. The van der Waals surface area contributed by atoms with Crippen LogP contribution in [0, 0.1) is 0 Å². The minimum atomic E-state index is -0.713. The molecule has 0 radical (unpaired) electrons. The molecule has 0 aromatic heterocycles. The van der Waals surface area contributed by atoms with Crippen molar-refractivity contribution in [3.8, 4) is 0 Å². The fourth-order valence-corrected chi connectivity index (χ4v) is 5.91. The predicted octanol–water partition coefficient (Wildman–Crippen LogP) is 2.47. The van der Waals surface area contributed by atoms with Crippen molar-refractivity contribution in [3.05, 3.63) is 0 Å². The van der Waals surface area contributed by atoms with Gasteiger partial charge in [-0.3, -0.25) is 0 Å². The Morgan fingerprint density at radius 2 is 1.64 bits per heavy atom. The normalized spacial score (nSPS) is 10.6. The predicted molar refractivity (Wildman–Crippen MR) is 54.7 cm³/mol. The van der Waals surface area contributed by atoms with E-state index >= 15 is 0 Å². The molecule has 0 amide bonds. The minimum absolute atomic E-state index is 0.713. The Kier molecular flexibility index (Phi) is 7.65. The molecule has 0 aliphatic carbocycles. The van der Waals surface area contributed by atoms with Crippen molar-refractivity contribution in [2.75, 3.05) is 20.6 Å². The summed E-state index contributed by atoms with van der Waals surface area (Å²) in [5, 5.41) is 0. The molecule has 0 saturated carbocycles. The maximum atomic E-state index is 2.38. The summed E-state index contributed by atoms with van der Waals surface area (Å²) in [4.78, 5) is 6.97. The van der Waals surface area contributed by atoms with Crippen molar-refractivity contribution in [3.63, 3.8) is 0 Å². The van der Waals surface area contributed by atoms with Gasteiger partial charge in [-0.25, -0.2) is 0 Å². The number of hydrogen-bond acceptors (Lipinski definition) is 1. The van der Waals surface area contributed by atoms with Gasteiger partial charge in [0.25, 0.3) is 0 Å². The first-order valence-corrected chi connectivity index (χ1v) is 9.99. The molecule has 11 heavy (non-hydrogen) atoms. The molecule has 66 valence electrons. The van der Waals surface area contributed by atoms with E-state index in [4.69, 9.17) is 0 Å². The van der Waals surface area contributed by atoms with Gasteiger partial charge in [-0.15, -0.1) is 0 Å². The molecule has 2 heteroatoms. The topological polar surface area (TPSA) is 3.24 Å². The third-order valence-electron chi connectivity index (χ3n) is 2.37. The van der Waals surface area contributed by atoms with Crippen molar-refractivity contribution in [1.29, 1.82) is 0 Å². The molecule has 0 aromatic rings. The SMILES string of the molecule is C[CH2][Ga]([CH2]C)[CH2]CCN(C)C. The van der Waals surface area contributed by atoms with Crippen LogP contribution in [0.5, 0.6) is 0 Å². The Labute approximate surface area is 77.2 Å². The van der Waals surface area contributed by atoms with Crippen LogP contribution in [0.3, 0.4) is 0 Å². The molecule has 0 unspecified atom stereocenters. The van der Waals surface area contributed by atoms with Gasteiger partial charge in [-0.2, -0.15) is 0 Å². The third kappa shape index (κ3) is 6.97. The van der Waals surface area contributed by atoms with Crippen LogP contribution in [0.25, 0.3) is 0 Å². The molecule has 0 bridgehead atoms. The van der Waals surface area contributed by atoms with E-state index in [9.17, 15) is 0 Å². The van der Waals surface area contributed by atoms with E-state index in [1.807, 2.05) is 0 Å². The second-order valence-electron chi connectivity index (χ2n) is 3.63. The van der Waals surface area contributed by atoms with Crippen LogP contribution >= 0.6 is 0 Å². The van der Waals surface area contributed by atoms with Crippen LogP contribution in [0.2, 0.25) is 14.9 Å². The first kappa shape index (κ1) is 11.6. The van der Waals surface area contributed by atoms with Crippen LogP contribution in [0.1, 0.15) is 20.3 Å². The molecule has 0 N–H and O–H groups in total. The fourth-order valence-electron chi connectivity index (χ4n) is 1.39. The zero-order valence-electron chi connectivity index (χ0n) is 8.56. The van der Waals surface area contributed by atoms with E-state index in [2.05, 4.69) is 32.8 Å². The first-order chi connectivity index (χ1) is 5.20. The molecule has 1 nitrogen and oxygen atoms in total. The first-order valence-electron chi connectivity index (χ1n) is 4.85. The van der Waals surface area contributed by atoms with E-state index in [0.717, 1.165) is 0 Å². The Balaban J connectivity index is 3.21. The summed E-state index contributed by atoms with van der Waals surface area (Å²) in [5.74, 6) is 0. The zero-order chi connectivity index (χ0) is 8.69. The van der Waals surface area contributed by atoms with Gasteiger partial charge in [0.15, 0.2) is 0 Å². The molecule has 0 spiro atoms. The molecule has 0 atom stereocenters. The second-order valence-corrected chi connectivity index (χ2v) is 11.9. The third-order valence-corrected chi connectivity index (χ3v) is 9.79. The Morgan fingerprint density at radius 1 is 1.09 bits per heavy atom. The quantitative estimate of drug-likeness (QED) is 0.614. The van der Waals surface area contributed by atoms with Crippen molar-refractivity contribution in [1.82, 2.24) is 4.90 Å². The monoisotopic (exact) mass is 213 g/mol. The summed E-state index contributed by atoms with van der Waals surface area (Å²) >= 11 is -0.713. The van der Waals surface area contributed by atoms with E-state index in [-0.39, 0.29) is 0 Å².